The van der Waals surface area contributed by atoms with Gasteiger partial charge in [0.05, 0.1) is 13.2 Å². The zero-order valence-corrected chi connectivity index (χ0v) is 13.5. The highest BCUT2D eigenvalue weighted by molar-refractivity contribution is 5.85. The van der Waals surface area contributed by atoms with Gasteiger partial charge in [-0.3, -0.25) is 0 Å². The summed E-state index contributed by atoms with van der Waals surface area (Å²) in [6.45, 7) is 5.83. The van der Waals surface area contributed by atoms with Crippen LogP contribution >= 0.6 is 12.4 Å². The first kappa shape index (κ1) is 18.9. The van der Waals surface area contributed by atoms with Crippen molar-refractivity contribution in [3.05, 3.63) is 18.2 Å². The quantitative estimate of drug-likeness (QED) is 0.497. The fourth-order valence-corrected chi connectivity index (χ4v) is 1.83. The van der Waals surface area contributed by atoms with E-state index in [4.69, 9.17) is 15.2 Å². The van der Waals surface area contributed by atoms with Crippen LogP contribution in [0, 0.1) is 0 Å². The Morgan fingerprint density at radius 3 is 1.95 bits per heavy atom. The van der Waals surface area contributed by atoms with Gasteiger partial charge >= 0.3 is 0 Å². The molecule has 0 radical (unpaired) electrons. The molecule has 0 atom stereocenters. The average Bonchev–Trinajstić information content (AvgIpc) is 2.41. The Morgan fingerprint density at radius 2 is 1.40 bits per heavy atom. The molecule has 0 aromatic heterocycles. The number of benzene rings is 1. The summed E-state index contributed by atoms with van der Waals surface area (Å²) in [5.74, 6) is 1.58. The molecule has 1 rings (SSSR count). The van der Waals surface area contributed by atoms with E-state index in [2.05, 4.69) is 13.8 Å². The van der Waals surface area contributed by atoms with E-state index in [1.807, 2.05) is 18.2 Å². The predicted octanol–water partition coefficient (Wildman–Crippen LogP) is 4.83. The fraction of sp³-hybridized carbons (Fsp3) is 0.625. The topological polar surface area (TPSA) is 44.5 Å². The van der Waals surface area contributed by atoms with E-state index < -0.39 is 0 Å². The van der Waals surface area contributed by atoms with Crippen LogP contribution in [0.5, 0.6) is 11.5 Å². The van der Waals surface area contributed by atoms with Crippen LogP contribution in [-0.2, 0) is 0 Å². The smallest absolute Gasteiger partial charge is 0.163 e. The molecule has 4 heteroatoms. The lowest BCUT2D eigenvalue weighted by atomic mass is 10.2. The summed E-state index contributed by atoms with van der Waals surface area (Å²) in [6, 6.07) is 5.60. The highest BCUT2D eigenvalue weighted by Gasteiger charge is 2.05. The van der Waals surface area contributed by atoms with Crippen LogP contribution in [0.4, 0.5) is 5.69 Å². The van der Waals surface area contributed by atoms with Crippen molar-refractivity contribution in [1.82, 2.24) is 0 Å². The number of ether oxygens (including phenoxy) is 2. The molecule has 0 aliphatic rings. The summed E-state index contributed by atoms with van der Waals surface area (Å²) in [7, 11) is 0. The number of hydrogen-bond donors (Lipinski definition) is 1. The summed E-state index contributed by atoms with van der Waals surface area (Å²) in [5.41, 5.74) is 6.51. The molecular formula is C16H28ClNO2. The van der Waals surface area contributed by atoms with Gasteiger partial charge in [0.1, 0.15) is 0 Å². The second-order valence-electron chi connectivity index (χ2n) is 4.82. The number of hydrogen-bond acceptors (Lipinski definition) is 3. The summed E-state index contributed by atoms with van der Waals surface area (Å²) in [4.78, 5) is 0. The monoisotopic (exact) mass is 301 g/mol. The van der Waals surface area contributed by atoms with E-state index in [-0.39, 0.29) is 12.4 Å². The van der Waals surface area contributed by atoms with Gasteiger partial charge < -0.3 is 15.2 Å². The molecule has 0 aliphatic heterocycles. The molecule has 0 saturated heterocycles. The maximum atomic E-state index is 5.80. The van der Waals surface area contributed by atoms with E-state index in [1.165, 1.54) is 25.7 Å². The van der Waals surface area contributed by atoms with Crippen LogP contribution in [-0.4, -0.2) is 13.2 Å². The molecule has 116 valence electrons. The second kappa shape index (κ2) is 11.7. The summed E-state index contributed by atoms with van der Waals surface area (Å²) < 4.78 is 11.5. The van der Waals surface area contributed by atoms with Crippen molar-refractivity contribution >= 4 is 18.1 Å². The Labute approximate surface area is 129 Å². The molecule has 0 bridgehead atoms. The summed E-state index contributed by atoms with van der Waals surface area (Å²) >= 11 is 0. The van der Waals surface area contributed by atoms with Gasteiger partial charge in [-0.15, -0.1) is 12.4 Å². The van der Waals surface area contributed by atoms with E-state index in [9.17, 15) is 0 Å². The SMILES string of the molecule is CCCCCOc1ccc(N)cc1OCCCCC.Cl. The maximum absolute atomic E-state index is 5.80. The maximum Gasteiger partial charge on any atom is 0.163 e. The van der Waals surface area contributed by atoms with Crippen molar-refractivity contribution in [1.29, 1.82) is 0 Å². The third-order valence-corrected chi connectivity index (χ3v) is 2.98. The Hall–Kier alpha value is -1.09. The number of halogens is 1. The molecular weight excluding hydrogens is 274 g/mol. The van der Waals surface area contributed by atoms with Gasteiger partial charge in [-0.05, 0) is 25.0 Å². The second-order valence-corrected chi connectivity index (χ2v) is 4.82. The molecule has 2 N–H and O–H groups in total. The van der Waals surface area contributed by atoms with Crippen LogP contribution in [0.25, 0.3) is 0 Å². The first-order chi connectivity index (χ1) is 9.27. The van der Waals surface area contributed by atoms with Crippen molar-refractivity contribution in [2.24, 2.45) is 0 Å². The zero-order chi connectivity index (χ0) is 13.9. The van der Waals surface area contributed by atoms with Crippen molar-refractivity contribution in [2.45, 2.75) is 52.4 Å². The van der Waals surface area contributed by atoms with Gasteiger partial charge in [0.25, 0.3) is 0 Å². The molecule has 0 fully saturated rings. The largest absolute Gasteiger partial charge is 0.490 e. The predicted molar refractivity (Wildman–Crippen MR) is 88.1 cm³/mol. The third-order valence-electron chi connectivity index (χ3n) is 2.98. The number of rotatable bonds is 10. The fourth-order valence-electron chi connectivity index (χ4n) is 1.83. The number of unbranched alkanes of at least 4 members (excludes halogenated alkanes) is 4. The average molecular weight is 302 g/mol. The molecule has 0 saturated carbocycles. The van der Waals surface area contributed by atoms with Crippen molar-refractivity contribution in [3.63, 3.8) is 0 Å². The van der Waals surface area contributed by atoms with Gasteiger partial charge in [-0.25, -0.2) is 0 Å². The lowest BCUT2D eigenvalue weighted by molar-refractivity contribution is 0.260. The van der Waals surface area contributed by atoms with Crippen molar-refractivity contribution < 1.29 is 9.47 Å². The molecule has 1 aromatic carbocycles. The Kier molecular flexibility index (Phi) is 11.1. The van der Waals surface area contributed by atoms with Crippen LogP contribution in [0.15, 0.2) is 18.2 Å². The minimum Gasteiger partial charge on any atom is -0.490 e. The standard InChI is InChI=1S/C16H27NO2.ClH/c1-3-5-7-11-18-15-10-9-14(17)13-16(15)19-12-8-6-4-2;/h9-10,13H,3-8,11-12,17H2,1-2H3;1H. The van der Waals surface area contributed by atoms with Crippen molar-refractivity contribution in [2.75, 3.05) is 18.9 Å². The minimum atomic E-state index is 0. The first-order valence-corrected chi connectivity index (χ1v) is 7.43. The summed E-state index contributed by atoms with van der Waals surface area (Å²) in [5, 5.41) is 0. The molecule has 0 heterocycles. The molecule has 1 aromatic rings. The van der Waals surface area contributed by atoms with E-state index in [1.54, 1.807) is 0 Å². The van der Waals surface area contributed by atoms with Gasteiger partial charge in [-0.1, -0.05) is 39.5 Å². The summed E-state index contributed by atoms with van der Waals surface area (Å²) in [6.07, 6.45) is 6.93. The number of anilines is 1. The van der Waals surface area contributed by atoms with Crippen LogP contribution in [0.1, 0.15) is 52.4 Å². The van der Waals surface area contributed by atoms with Crippen LogP contribution in [0.3, 0.4) is 0 Å². The van der Waals surface area contributed by atoms with E-state index in [0.29, 0.717) is 5.69 Å². The normalized spacial score (nSPS) is 9.90. The first-order valence-electron chi connectivity index (χ1n) is 7.43. The lowest BCUT2D eigenvalue weighted by Crippen LogP contribution is -2.03. The minimum absolute atomic E-state index is 0. The molecule has 0 unspecified atom stereocenters. The Balaban J connectivity index is 0.00000361. The molecule has 0 aliphatic carbocycles. The highest BCUT2D eigenvalue weighted by Crippen LogP contribution is 2.29. The van der Waals surface area contributed by atoms with Crippen molar-refractivity contribution in [3.8, 4) is 11.5 Å². The molecule has 20 heavy (non-hydrogen) atoms. The molecule has 3 nitrogen and oxygen atoms in total. The van der Waals surface area contributed by atoms with Gasteiger partial charge in [-0.2, -0.15) is 0 Å². The van der Waals surface area contributed by atoms with Crippen LogP contribution < -0.4 is 15.2 Å². The third kappa shape index (κ3) is 7.49. The highest BCUT2D eigenvalue weighted by atomic mass is 35.5. The van der Waals surface area contributed by atoms with E-state index >= 15 is 0 Å². The number of nitrogen functional groups attached to an aromatic ring is 1. The van der Waals surface area contributed by atoms with Crippen LogP contribution in [0.2, 0.25) is 0 Å². The van der Waals surface area contributed by atoms with Gasteiger partial charge in [0, 0.05) is 11.8 Å². The Bertz CT molecular complexity index is 358. The molecule has 0 amide bonds. The van der Waals surface area contributed by atoms with Gasteiger partial charge in [0.15, 0.2) is 11.5 Å². The zero-order valence-electron chi connectivity index (χ0n) is 12.7. The molecule has 0 spiro atoms. The van der Waals surface area contributed by atoms with Gasteiger partial charge in [0.2, 0.25) is 0 Å². The number of nitrogens with two attached hydrogens (primary N) is 1. The lowest BCUT2D eigenvalue weighted by Gasteiger charge is -2.13. The van der Waals surface area contributed by atoms with E-state index in [0.717, 1.165) is 37.6 Å². The Morgan fingerprint density at radius 1 is 0.850 bits per heavy atom.